The van der Waals surface area contributed by atoms with Crippen molar-refractivity contribution in [3.05, 3.63) is 52.0 Å². The van der Waals surface area contributed by atoms with Gasteiger partial charge in [-0.3, -0.25) is 0 Å². The van der Waals surface area contributed by atoms with Gasteiger partial charge in [0.25, 0.3) is 0 Å². The van der Waals surface area contributed by atoms with E-state index < -0.39 is 5.97 Å². The molecule has 0 unspecified atom stereocenters. The number of aryl methyl sites for hydroxylation is 1. The predicted octanol–water partition coefficient (Wildman–Crippen LogP) is 4.48. The van der Waals surface area contributed by atoms with E-state index in [0.29, 0.717) is 0 Å². The van der Waals surface area contributed by atoms with Crippen LogP contribution in [-0.4, -0.2) is 21.0 Å². The number of aromatic nitrogens is 2. The quantitative estimate of drug-likeness (QED) is 0.720. The average Bonchev–Trinajstić information content (AvgIpc) is 2.82. The molecule has 0 fully saturated rings. The van der Waals surface area contributed by atoms with Crippen LogP contribution in [0, 0.1) is 6.92 Å². The molecule has 0 aliphatic carbocycles. The van der Waals surface area contributed by atoms with Crippen molar-refractivity contribution >= 4 is 44.7 Å². The van der Waals surface area contributed by atoms with Gasteiger partial charge in [-0.05, 0) is 58.7 Å². The van der Waals surface area contributed by atoms with Gasteiger partial charge in [0.2, 0.25) is 0 Å². The Morgan fingerprint density at radius 1 is 1.29 bits per heavy atom. The summed E-state index contributed by atoms with van der Waals surface area (Å²) in [7, 11) is 0. The number of nitrogens with one attached hydrogen (secondary N) is 1. The van der Waals surface area contributed by atoms with E-state index in [0.717, 1.165) is 25.6 Å². The van der Waals surface area contributed by atoms with E-state index in [-0.39, 0.29) is 5.56 Å². The number of nitrogens with zero attached hydrogens (tertiary/aromatic N) is 1. The first kappa shape index (κ1) is 14.2. The number of H-pyrrole nitrogens is 1. The molecule has 3 rings (SSSR count). The fraction of sp³-hybridized carbons (Fsp3) is 0.0667. The summed E-state index contributed by atoms with van der Waals surface area (Å²) in [4.78, 5) is 19.6. The topological polar surface area (TPSA) is 66.0 Å². The summed E-state index contributed by atoms with van der Waals surface area (Å²) >= 11 is 4.86. The molecule has 2 N–H and O–H groups in total. The lowest BCUT2D eigenvalue weighted by Crippen LogP contribution is -1.95. The van der Waals surface area contributed by atoms with Crippen molar-refractivity contribution in [1.29, 1.82) is 0 Å². The Kier molecular flexibility index (Phi) is 3.73. The Balaban J connectivity index is 1.93. The van der Waals surface area contributed by atoms with E-state index in [2.05, 4.69) is 32.0 Å². The molecule has 1 aromatic heterocycles. The van der Waals surface area contributed by atoms with Crippen molar-refractivity contribution in [3.8, 4) is 0 Å². The molecule has 21 heavy (non-hydrogen) atoms. The van der Waals surface area contributed by atoms with Crippen LogP contribution in [0.4, 0.5) is 0 Å². The zero-order chi connectivity index (χ0) is 15.0. The first-order valence-corrected chi connectivity index (χ1v) is 7.81. The number of fused-ring (bicyclic) bond motifs is 1. The van der Waals surface area contributed by atoms with Crippen LogP contribution < -0.4 is 0 Å². The number of carboxylic acids is 1. The van der Waals surface area contributed by atoms with E-state index >= 15 is 0 Å². The monoisotopic (exact) mass is 362 g/mol. The number of imidazole rings is 1. The van der Waals surface area contributed by atoms with E-state index in [1.54, 1.807) is 18.2 Å². The number of rotatable bonds is 3. The highest BCUT2D eigenvalue weighted by Crippen LogP contribution is 2.33. The van der Waals surface area contributed by atoms with Crippen molar-refractivity contribution in [1.82, 2.24) is 9.97 Å². The Morgan fingerprint density at radius 3 is 2.81 bits per heavy atom. The third-order valence-corrected chi connectivity index (χ3v) is 4.88. The molecular weight excluding hydrogens is 352 g/mol. The van der Waals surface area contributed by atoms with Gasteiger partial charge in [-0.2, -0.15) is 0 Å². The molecule has 0 aliphatic rings. The number of aromatic carboxylic acids is 1. The molecule has 106 valence electrons. The molecule has 4 nitrogen and oxygen atoms in total. The smallest absolute Gasteiger partial charge is 0.335 e. The number of benzene rings is 2. The number of hydrogen-bond acceptors (Lipinski definition) is 3. The van der Waals surface area contributed by atoms with Crippen LogP contribution in [0.25, 0.3) is 11.0 Å². The van der Waals surface area contributed by atoms with Gasteiger partial charge in [0.15, 0.2) is 5.16 Å². The van der Waals surface area contributed by atoms with Crippen molar-refractivity contribution in [2.75, 3.05) is 0 Å². The normalized spacial score (nSPS) is 11.0. The molecule has 0 bridgehead atoms. The Morgan fingerprint density at radius 2 is 2.10 bits per heavy atom. The van der Waals surface area contributed by atoms with Crippen molar-refractivity contribution < 1.29 is 9.90 Å². The fourth-order valence-corrected chi connectivity index (χ4v) is 3.40. The first-order chi connectivity index (χ1) is 10.0. The van der Waals surface area contributed by atoms with Gasteiger partial charge in [0.05, 0.1) is 16.6 Å². The van der Waals surface area contributed by atoms with Crippen LogP contribution in [0.15, 0.2) is 50.9 Å². The van der Waals surface area contributed by atoms with Crippen LogP contribution in [0.2, 0.25) is 0 Å². The molecule has 0 atom stereocenters. The van der Waals surface area contributed by atoms with Gasteiger partial charge in [0.1, 0.15) is 0 Å². The van der Waals surface area contributed by atoms with Gasteiger partial charge in [-0.25, -0.2) is 9.78 Å². The van der Waals surface area contributed by atoms with Crippen molar-refractivity contribution in [3.63, 3.8) is 0 Å². The summed E-state index contributed by atoms with van der Waals surface area (Å²) in [5, 5.41) is 9.74. The lowest BCUT2D eigenvalue weighted by molar-refractivity contribution is 0.0696. The number of hydrogen-bond donors (Lipinski definition) is 2. The maximum absolute atomic E-state index is 10.9. The highest BCUT2D eigenvalue weighted by molar-refractivity contribution is 9.10. The predicted molar refractivity (Wildman–Crippen MR) is 86.1 cm³/mol. The number of carbonyl (C=O) groups is 1. The molecule has 0 radical (unpaired) electrons. The van der Waals surface area contributed by atoms with Crippen LogP contribution in [0.3, 0.4) is 0 Å². The van der Waals surface area contributed by atoms with Crippen LogP contribution in [-0.2, 0) is 0 Å². The van der Waals surface area contributed by atoms with Crippen LogP contribution in [0.1, 0.15) is 15.9 Å². The summed E-state index contributed by atoms with van der Waals surface area (Å²) < 4.78 is 0.740. The van der Waals surface area contributed by atoms with Gasteiger partial charge in [0, 0.05) is 9.37 Å². The second-order valence-electron chi connectivity index (χ2n) is 4.61. The highest BCUT2D eigenvalue weighted by Gasteiger charge is 2.10. The lowest BCUT2D eigenvalue weighted by atomic mass is 10.2. The largest absolute Gasteiger partial charge is 0.478 e. The molecule has 0 aliphatic heterocycles. The average molecular weight is 363 g/mol. The van der Waals surface area contributed by atoms with E-state index in [1.807, 2.05) is 19.1 Å². The summed E-state index contributed by atoms with van der Waals surface area (Å²) in [5.74, 6) is -0.938. The molecular formula is C15H11BrN2O2S. The molecule has 6 heteroatoms. The Labute approximate surface area is 133 Å². The third kappa shape index (κ3) is 2.96. The Bertz CT molecular complexity index is 845. The Hall–Kier alpha value is -1.79. The fourth-order valence-electron chi connectivity index (χ4n) is 1.97. The van der Waals surface area contributed by atoms with E-state index in [9.17, 15) is 4.79 Å². The van der Waals surface area contributed by atoms with E-state index in [4.69, 9.17) is 5.11 Å². The van der Waals surface area contributed by atoms with Gasteiger partial charge in [-0.1, -0.05) is 17.8 Å². The number of carboxylic acid groups (broad SMARTS) is 1. The van der Waals surface area contributed by atoms with Crippen LogP contribution in [0.5, 0.6) is 0 Å². The lowest BCUT2D eigenvalue weighted by Gasteiger charge is -2.03. The number of halogens is 1. The number of aromatic amines is 1. The van der Waals surface area contributed by atoms with Crippen molar-refractivity contribution in [2.24, 2.45) is 0 Å². The summed E-state index contributed by atoms with van der Waals surface area (Å²) in [5.41, 5.74) is 3.35. The van der Waals surface area contributed by atoms with Gasteiger partial charge >= 0.3 is 5.97 Å². The minimum absolute atomic E-state index is 0.256. The minimum Gasteiger partial charge on any atom is -0.478 e. The maximum Gasteiger partial charge on any atom is 0.335 e. The summed E-state index contributed by atoms with van der Waals surface area (Å²) in [6, 6.07) is 11.0. The second kappa shape index (κ2) is 5.54. The summed E-state index contributed by atoms with van der Waals surface area (Å²) in [6.07, 6.45) is 0. The standard InChI is InChI=1S/C15H11BrN2O2S/c1-8-2-4-11-12(6-8)18-15(17-11)21-13-5-3-9(14(19)20)7-10(13)16/h2-7H,1H3,(H,17,18)(H,19,20). The van der Waals surface area contributed by atoms with Crippen LogP contribution >= 0.6 is 27.7 Å². The van der Waals surface area contributed by atoms with Gasteiger partial charge in [-0.15, -0.1) is 0 Å². The van der Waals surface area contributed by atoms with E-state index in [1.165, 1.54) is 17.3 Å². The highest BCUT2D eigenvalue weighted by atomic mass is 79.9. The third-order valence-electron chi connectivity index (χ3n) is 3.00. The molecule has 0 amide bonds. The zero-order valence-electron chi connectivity index (χ0n) is 11.1. The SMILES string of the molecule is Cc1ccc2nc(Sc3ccc(C(=O)O)cc3Br)[nH]c2c1. The molecule has 0 spiro atoms. The molecule has 1 heterocycles. The molecule has 0 saturated carbocycles. The van der Waals surface area contributed by atoms with Crippen molar-refractivity contribution in [2.45, 2.75) is 17.0 Å². The zero-order valence-corrected chi connectivity index (χ0v) is 13.5. The minimum atomic E-state index is -0.938. The first-order valence-electron chi connectivity index (χ1n) is 6.20. The molecule has 2 aromatic carbocycles. The van der Waals surface area contributed by atoms with Gasteiger partial charge < -0.3 is 10.1 Å². The second-order valence-corrected chi connectivity index (χ2v) is 6.50. The molecule has 0 saturated heterocycles. The maximum atomic E-state index is 10.9. The summed E-state index contributed by atoms with van der Waals surface area (Å²) in [6.45, 7) is 2.04. The molecule has 3 aromatic rings.